The zero-order valence-corrected chi connectivity index (χ0v) is 19.3. The van der Waals surface area contributed by atoms with E-state index in [9.17, 15) is 24.0 Å². The molecule has 0 aliphatic carbocycles. The topological polar surface area (TPSA) is 150 Å². The van der Waals surface area contributed by atoms with Crippen molar-refractivity contribution in [1.82, 2.24) is 0 Å². The molecule has 0 aromatic heterocycles. The lowest BCUT2D eigenvalue weighted by molar-refractivity contribution is -0.288. The van der Waals surface area contributed by atoms with Gasteiger partial charge in [0.2, 0.25) is 12.4 Å². The van der Waals surface area contributed by atoms with Crippen LogP contribution in [-0.2, 0) is 47.6 Å². The summed E-state index contributed by atoms with van der Waals surface area (Å²) < 4.78 is 37.4. The predicted octanol–water partition coefficient (Wildman–Crippen LogP) is 0.935. The van der Waals surface area contributed by atoms with Crippen molar-refractivity contribution in [3.8, 4) is 5.75 Å². The molecule has 0 unspecified atom stereocenters. The second-order valence-corrected chi connectivity index (χ2v) is 7.17. The molecular formula is C22H26O12. The van der Waals surface area contributed by atoms with Crippen LogP contribution in [-0.4, -0.2) is 74.3 Å². The Balaban J connectivity index is 2.52. The molecular weight excluding hydrogens is 456 g/mol. The fourth-order valence-corrected chi connectivity index (χ4v) is 3.26. The minimum absolute atomic E-state index is 0.00949. The molecule has 5 atom stereocenters. The largest absolute Gasteiger partial charge is 0.465 e. The highest BCUT2D eigenvalue weighted by Gasteiger charge is 2.53. The van der Waals surface area contributed by atoms with Gasteiger partial charge in [-0.15, -0.1) is 0 Å². The van der Waals surface area contributed by atoms with E-state index in [1.54, 1.807) is 12.1 Å². The summed E-state index contributed by atoms with van der Waals surface area (Å²) in [4.78, 5) is 59.0. The molecule has 1 aliphatic rings. The van der Waals surface area contributed by atoms with Gasteiger partial charge in [0, 0.05) is 27.7 Å². The van der Waals surface area contributed by atoms with Crippen LogP contribution in [0.2, 0.25) is 0 Å². The number of benzene rings is 1. The zero-order valence-electron chi connectivity index (χ0n) is 19.3. The molecule has 34 heavy (non-hydrogen) atoms. The number of hydrogen-bond acceptors (Lipinski definition) is 12. The van der Waals surface area contributed by atoms with Crippen molar-refractivity contribution in [3.05, 3.63) is 29.8 Å². The minimum Gasteiger partial charge on any atom is -0.465 e. The van der Waals surface area contributed by atoms with E-state index in [1.165, 1.54) is 19.2 Å². The van der Waals surface area contributed by atoms with Crippen LogP contribution in [0.3, 0.4) is 0 Å². The highest BCUT2D eigenvalue weighted by atomic mass is 16.7. The summed E-state index contributed by atoms with van der Waals surface area (Å²) in [7, 11) is 1.19. The molecule has 0 bridgehead atoms. The van der Waals surface area contributed by atoms with Crippen LogP contribution in [0.25, 0.3) is 0 Å². The molecule has 12 heteroatoms. The van der Waals surface area contributed by atoms with Crippen molar-refractivity contribution < 1.29 is 57.1 Å². The average Bonchev–Trinajstić information content (AvgIpc) is 2.75. The Kier molecular flexibility index (Phi) is 9.36. The summed E-state index contributed by atoms with van der Waals surface area (Å²) in [5.41, 5.74) is 0.0397. The first kappa shape index (κ1) is 26.6. The molecule has 1 saturated heterocycles. The molecule has 1 fully saturated rings. The van der Waals surface area contributed by atoms with E-state index in [1.807, 2.05) is 0 Å². The minimum atomic E-state index is -1.47. The Morgan fingerprint density at radius 3 is 1.91 bits per heavy atom. The van der Waals surface area contributed by atoms with Crippen LogP contribution in [0.4, 0.5) is 0 Å². The summed E-state index contributed by atoms with van der Waals surface area (Å²) in [5, 5.41) is 0. The lowest BCUT2D eigenvalue weighted by Gasteiger charge is -2.44. The van der Waals surface area contributed by atoms with E-state index < -0.39 is 67.2 Å². The van der Waals surface area contributed by atoms with Gasteiger partial charge in [-0.1, -0.05) is 12.1 Å². The molecule has 1 aromatic carbocycles. The van der Waals surface area contributed by atoms with Gasteiger partial charge in [0.15, 0.2) is 12.2 Å². The molecule has 1 aliphatic heterocycles. The lowest BCUT2D eigenvalue weighted by Crippen LogP contribution is -2.63. The SMILES string of the molecule is COC(=O)c1ccccc1O[C@@H]1O[C@@H](COC(C)=O)[C@H](OC(C)=O)[C@H](OC(C)=O)[C@@H]1OC(C)=O. The van der Waals surface area contributed by atoms with E-state index in [4.69, 9.17) is 33.2 Å². The van der Waals surface area contributed by atoms with E-state index in [-0.39, 0.29) is 11.3 Å². The van der Waals surface area contributed by atoms with Crippen molar-refractivity contribution >= 4 is 29.8 Å². The van der Waals surface area contributed by atoms with Crippen LogP contribution in [0, 0.1) is 0 Å². The Hall–Kier alpha value is -3.67. The van der Waals surface area contributed by atoms with Gasteiger partial charge in [-0.25, -0.2) is 4.79 Å². The Bertz CT molecular complexity index is 926. The van der Waals surface area contributed by atoms with Gasteiger partial charge in [0.05, 0.1) is 7.11 Å². The molecule has 0 radical (unpaired) electrons. The van der Waals surface area contributed by atoms with Crippen LogP contribution in [0.15, 0.2) is 24.3 Å². The molecule has 1 heterocycles. The predicted molar refractivity (Wildman–Crippen MR) is 110 cm³/mol. The average molecular weight is 482 g/mol. The maximum absolute atomic E-state index is 12.1. The first-order chi connectivity index (χ1) is 16.0. The fourth-order valence-electron chi connectivity index (χ4n) is 3.26. The molecule has 0 spiro atoms. The molecule has 1 aromatic rings. The summed E-state index contributed by atoms with van der Waals surface area (Å²) in [5.74, 6) is -3.65. The third-order valence-electron chi connectivity index (χ3n) is 4.48. The van der Waals surface area contributed by atoms with Crippen molar-refractivity contribution in [2.75, 3.05) is 13.7 Å². The van der Waals surface area contributed by atoms with Crippen molar-refractivity contribution in [2.45, 2.75) is 58.4 Å². The molecule has 0 N–H and O–H groups in total. The summed E-state index contributed by atoms with van der Waals surface area (Å²) in [6.45, 7) is 4.08. The Labute approximate surface area is 195 Å². The maximum Gasteiger partial charge on any atom is 0.341 e. The Morgan fingerprint density at radius 1 is 0.794 bits per heavy atom. The normalized spacial score (nSPS) is 23.7. The standard InChI is InChI=1S/C22H26O12/c1-11(23)29-10-17-18(30-12(2)24)19(31-13(3)25)20(32-14(4)26)22(34-17)33-16-9-7-6-8-15(16)21(27)28-5/h6-9,17-20,22H,10H2,1-5H3/t17-,18-,19-,20-,22+/m0/s1. The highest BCUT2D eigenvalue weighted by Crippen LogP contribution is 2.32. The summed E-state index contributed by atoms with van der Waals surface area (Å²) >= 11 is 0. The van der Waals surface area contributed by atoms with E-state index >= 15 is 0 Å². The first-order valence-electron chi connectivity index (χ1n) is 10.2. The number of carbonyl (C=O) groups is 5. The number of esters is 5. The number of para-hydroxylation sites is 1. The zero-order chi connectivity index (χ0) is 25.4. The quantitative estimate of drug-likeness (QED) is 0.383. The summed E-state index contributed by atoms with van der Waals surface area (Å²) in [6, 6.07) is 6.03. The maximum atomic E-state index is 12.1. The number of rotatable bonds is 8. The van der Waals surface area contributed by atoms with Crippen molar-refractivity contribution in [2.24, 2.45) is 0 Å². The van der Waals surface area contributed by atoms with Gasteiger partial charge in [0.1, 0.15) is 24.0 Å². The monoisotopic (exact) mass is 482 g/mol. The highest BCUT2D eigenvalue weighted by molar-refractivity contribution is 5.92. The van der Waals surface area contributed by atoms with Crippen LogP contribution in [0.5, 0.6) is 5.75 Å². The van der Waals surface area contributed by atoms with Crippen LogP contribution >= 0.6 is 0 Å². The fraction of sp³-hybridized carbons (Fsp3) is 0.500. The van der Waals surface area contributed by atoms with Gasteiger partial charge in [-0.2, -0.15) is 0 Å². The second-order valence-electron chi connectivity index (χ2n) is 7.17. The second kappa shape index (κ2) is 12.0. The first-order valence-corrected chi connectivity index (χ1v) is 10.2. The van der Waals surface area contributed by atoms with E-state index in [2.05, 4.69) is 0 Å². The number of hydrogen-bond donors (Lipinski definition) is 0. The molecule has 12 nitrogen and oxygen atoms in total. The third-order valence-corrected chi connectivity index (χ3v) is 4.48. The number of ether oxygens (including phenoxy) is 7. The molecule has 2 rings (SSSR count). The number of carbonyl (C=O) groups excluding carboxylic acids is 5. The van der Waals surface area contributed by atoms with Crippen molar-refractivity contribution in [1.29, 1.82) is 0 Å². The lowest BCUT2D eigenvalue weighted by atomic mass is 9.98. The molecule has 0 amide bonds. The molecule has 186 valence electrons. The Morgan fingerprint density at radius 2 is 1.35 bits per heavy atom. The van der Waals surface area contributed by atoms with Gasteiger partial charge >= 0.3 is 29.8 Å². The third kappa shape index (κ3) is 7.17. The van der Waals surface area contributed by atoms with Gasteiger partial charge in [-0.05, 0) is 12.1 Å². The van der Waals surface area contributed by atoms with Crippen molar-refractivity contribution in [3.63, 3.8) is 0 Å². The number of methoxy groups -OCH3 is 1. The van der Waals surface area contributed by atoms with Gasteiger partial charge in [0.25, 0.3) is 0 Å². The van der Waals surface area contributed by atoms with E-state index in [0.29, 0.717) is 0 Å². The molecule has 0 saturated carbocycles. The van der Waals surface area contributed by atoms with Gasteiger partial charge < -0.3 is 33.2 Å². The van der Waals surface area contributed by atoms with E-state index in [0.717, 1.165) is 27.7 Å². The van der Waals surface area contributed by atoms with Crippen LogP contribution in [0.1, 0.15) is 38.1 Å². The summed E-state index contributed by atoms with van der Waals surface area (Å²) in [6.07, 6.45) is -6.79. The van der Waals surface area contributed by atoms with Gasteiger partial charge in [-0.3, -0.25) is 19.2 Å². The van der Waals surface area contributed by atoms with Crippen LogP contribution < -0.4 is 4.74 Å². The smallest absolute Gasteiger partial charge is 0.341 e.